The molecular formula is C66H104N6O55. The number of aliphatic carboxylic acids is 6. The Hall–Kier alpha value is -7.84. The molecule has 6 amide bonds. The number of carbonyl (C=O) groups is 12. The minimum Gasteiger partial charge on any atom is -0.477 e. The van der Waals surface area contributed by atoms with Crippen LogP contribution < -0.4 is 31.9 Å². The molecule has 0 aromatic rings. The van der Waals surface area contributed by atoms with E-state index in [9.17, 15) is 221 Å². The zero-order chi connectivity index (χ0) is 96.0. The van der Waals surface area contributed by atoms with E-state index in [-0.39, 0.29) is 0 Å². The van der Waals surface area contributed by atoms with E-state index in [1.807, 2.05) is 31.9 Å². The van der Waals surface area contributed by atoms with Crippen LogP contribution in [0.1, 0.15) is 38.5 Å². The van der Waals surface area contributed by atoms with E-state index in [4.69, 9.17) is 52.1 Å². The highest BCUT2D eigenvalue weighted by molar-refractivity contribution is 5.82. The number of hydrogen-bond donors (Lipinski definition) is 38. The van der Waals surface area contributed by atoms with Crippen molar-refractivity contribution in [2.24, 2.45) is 0 Å². The third-order valence-electron chi connectivity index (χ3n) is 21.4. The predicted octanol–water partition coefficient (Wildman–Crippen LogP) is -24.2. The van der Waals surface area contributed by atoms with Crippen molar-refractivity contribution in [3.8, 4) is 0 Å². The molecule has 0 spiro atoms. The van der Waals surface area contributed by atoms with Crippen LogP contribution in [0.4, 0.5) is 0 Å². The Morgan fingerprint density at radius 2 is 0.425 bits per heavy atom. The number of carboxylic acids is 6. The van der Waals surface area contributed by atoms with Gasteiger partial charge in [-0.2, -0.15) is 0 Å². The first-order valence-corrected chi connectivity index (χ1v) is 37.9. The van der Waals surface area contributed by atoms with Gasteiger partial charge >= 0.3 is 35.8 Å². The van der Waals surface area contributed by atoms with Crippen LogP contribution in [0.3, 0.4) is 0 Å². The molecule has 6 heterocycles. The van der Waals surface area contributed by atoms with Crippen LogP contribution in [0.25, 0.3) is 0 Å². The minimum absolute atomic E-state index is 1.30. The minimum atomic E-state index is -3.94. The molecule has 6 saturated heterocycles. The summed E-state index contributed by atoms with van der Waals surface area (Å²) in [4.78, 5) is 157. The topological polar surface area (TPSA) is 1030 Å². The summed E-state index contributed by atoms with van der Waals surface area (Å²) in [5, 5.41) is 361. The second-order valence-electron chi connectivity index (χ2n) is 29.9. The number of carbonyl (C=O) groups excluding carboxylic acids is 6. The summed E-state index contributed by atoms with van der Waals surface area (Å²) < 4.78 is 61.3. The van der Waals surface area contributed by atoms with Crippen LogP contribution in [-0.2, 0) is 110 Å². The average molecular weight is 1860 g/mol. The van der Waals surface area contributed by atoms with Gasteiger partial charge < -0.3 is 247 Å². The second kappa shape index (κ2) is 45.3. The molecule has 0 aromatic carbocycles. The van der Waals surface area contributed by atoms with Gasteiger partial charge in [0.25, 0.3) is 34.7 Å². The van der Waals surface area contributed by atoms with Crippen LogP contribution in [0, 0.1) is 0 Å². The molecule has 38 N–H and O–H groups in total. The summed E-state index contributed by atoms with van der Waals surface area (Å²) in [6.07, 6.45) is -75.5. The Morgan fingerprint density at radius 3 is 0.575 bits per heavy atom. The average Bonchev–Trinajstić information content (AvgIpc) is 0.783. The molecule has 0 aromatic heterocycles. The van der Waals surface area contributed by atoms with Crippen LogP contribution in [0.15, 0.2) is 0 Å². The molecule has 6 fully saturated rings. The van der Waals surface area contributed by atoms with Crippen LogP contribution in [-0.4, -0.2) is 531 Å². The van der Waals surface area contributed by atoms with Gasteiger partial charge in [-0.05, 0) is 0 Å². The van der Waals surface area contributed by atoms with Gasteiger partial charge in [-0.25, -0.2) is 28.8 Å². The molecule has 61 heteroatoms. The Labute approximate surface area is 709 Å². The summed E-state index contributed by atoms with van der Waals surface area (Å²) in [6.45, 7) is -19.4. The number of rotatable bonds is 46. The van der Waals surface area contributed by atoms with Crippen molar-refractivity contribution in [2.75, 3.05) is 79.3 Å². The number of aliphatic hydroxyl groups is 26. The largest absolute Gasteiger partial charge is 0.477 e. The molecule has 0 bridgehead atoms. The summed E-state index contributed by atoms with van der Waals surface area (Å²) in [6, 6.07) is -13.9. The summed E-state index contributed by atoms with van der Waals surface area (Å²) in [5.41, 5.74) is 0. The van der Waals surface area contributed by atoms with E-state index in [0.717, 1.165) is 0 Å². The van der Waals surface area contributed by atoms with Gasteiger partial charge in [0.1, 0.15) is 150 Å². The summed E-state index contributed by atoms with van der Waals surface area (Å²) in [5.74, 6) is -46.3. The van der Waals surface area contributed by atoms with Gasteiger partial charge in [-0.3, -0.25) is 28.8 Å². The molecule has 6 aliphatic rings. The summed E-state index contributed by atoms with van der Waals surface area (Å²) in [7, 11) is 0. The number of aliphatic hydroxyl groups excluding tert-OH is 25. The first kappa shape index (κ1) is 108. The number of hydrogen-bond acceptors (Lipinski definition) is 49. The molecule has 36 atom stereocenters. The number of ether oxygens (including phenoxy) is 11. The van der Waals surface area contributed by atoms with Crippen molar-refractivity contribution in [3.05, 3.63) is 0 Å². The van der Waals surface area contributed by atoms with Crippen molar-refractivity contribution < 1.29 is 273 Å². The number of carboxylic acid groups (broad SMARTS) is 6. The predicted molar refractivity (Wildman–Crippen MR) is 380 cm³/mol. The lowest BCUT2D eigenvalue weighted by molar-refractivity contribution is -0.366. The fourth-order valence-corrected chi connectivity index (χ4v) is 15.1. The van der Waals surface area contributed by atoms with Gasteiger partial charge in [0, 0.05) is 38.5 Å². The third-order valence-corrected chi connectivity index (χ3v) is 21.4. The molecule has 61 nitrogen and oxygen atoms in total. The molecule has 0 saturated carbocycles. The van der Waals surface area contributed by atoms with Crippen LogP contribution in [0.5, 0.6) is 0 Å². The maximum absolute atomic E-state index is 13.9. The molecule has 127 heavy (non-hydrogen) atoms. The van der Waals surface area contributed by atoms with E-state index in [1.54, 1.807) is 0 Å². The molecule has 728 valence electrons. The fourth-order valence-electron chi connectivity index (χ4n) is 15.1. The Balaban J connectivity index is 1.40. The van der Waals surface area contributed by atoms with E-state index < -0.39 is 407 Å². The number of nitrogens with one attached hydrogen (secondary N) is 6. The van der Waals surface area contributed by atoms with Gasteiger partial charge in [-0.15, -0.1) is 0 Å². The normalized spacial score (nSPS) is 36.3. The van der Waals surface area contributed by atoms with Crippen LogP contribution >= 0.6 is 0 Å². The lowest BCUT2D eigenvalue weighted by Crippen LogP contribution is -2.72. The van der Waals surface area contributed by atoms with E-state index in [1.165, 1.54) is 0 Å². The Bertz CT molecular complexity index is 3750. The van der Waals surface area contributed by atoms with Gasteiger partial charge in [0.2, 0.25) is 35.4 Å². The maximum Gasteiger partial charge on any atom is 0.364 e. The SMILES string of the molecule is O=C(CO)N[C@H]1[C@H]([C@H](O)[C@H](O)CO)O[C@@](O[C@H](CO)[C@@H](O)[C@@H]2O[C@@](O[C@H](CO)[C@@H](O)[C@@H]3O[C@@](O[C@H](CO)[C@@H](O)[C@@H]4O[C@@](O[C@H](CO)[C@@H](O)[C@@H]5O[C@@](O[C@H](CO)[C@@H](O)[C@@H]6O[C@@](O)(C(=O)O)C[C@H](O)[C@H]6NC(=O)CO)(C(=O)O)C[C@H](O)[C@H]5NC(=O)CO)(C(=O)O)C[C@H](O)[C@H]4NC(=O)CO)(C(=O)O)C[C@H](O)[C@H]3NC(=O)CO)(C(=O)O)C[C@H](O)[C@H]2NC(=O)CO)(C(=O)O)C[C@@H]1O. The maximum atomic E-state index is 13.9. The van der Waals surface area contributed by atoms with Gasteiger partial charge in [0.05, 0.1) is 113 Å². The van der Waals surface area contributed by atoms with Crippen molar-refractivity contribution in [1.82, 2.24) is 31.9 Å². The van der Waals surface area contributed by atoms with Crippen LogP contribution in [0.2, 0.25) is 0 Å². The highest BCUT2D eigenvalue weighted by Crippen LogP contribution is 2.45. The van der Waals surface area contributed by atoms with Gasteiger partial charge in [0.15, 0.2) is 0 Å². The van der Waals surface area contributed by atoms with Crippen molar-refractivity contribution >= 4 is 71.3 Å². The van der Waals surface area contributed by atoms with E-state index in [2.05, 4.69) is 0 Å². The molecule has 6 rings (SSSR count). The number of amides is 6. The monoisotopic (exact) mass is 1860 g/mol. The van der Waals surface area contributed by atoms with Crippen molar-refractivity contribution in [1.29, 1.82) is 0 Å². The smallest absolute Gasteiger partial charge is 0.364 e. The molecule has 0 unspecified atom stereocenters. The first-order chi connectivity index (χ1) is 59.4. The standard InChI is InChI=1S/C66H104N6O55/c73-7-25(91)43(98)49-38(68-32(93)14-80)20(86)2-62(123-49,56(106)107)118-27(9-75)45(100)51-40(70-34(95)16-82)22(88)4-64(125-51,58(110)111)120-29(11-77)47(102)53-42(72-36(97)18-84)24(90)6-66(127-53,60(114)115)121-30(12-78)48(103)54-41(71-35(96)17-83)23(89)5-65(126-54,59(112)113)119-28(10-76)46(101)52-39(69-33(94)15-81)21(87)3-63(124-52,57(108)109)117-26(8-74)44(99)50-37(67-31(92)13-79)19(85)1-61(116,122-50)55(104)105/h19-30,37-54,73-91,98-103,116H,1-18H2,(H,67,92)(H,68,93)(H,69,94)(H,70,95)(H,71,96)(H,72,97)(H,104,105)(H,106,107)(H,108,109)(H,110,111)(H,112,113)(H,114,115)/t19-,20-,21-,22-,23-,24-,25+,26+,27+,28+,29+,30+,37+,38+,39+,40+,41+,42+,43+,44+,45+,46+,47+,48+,49+,50+,51+,52+,53+,54+,61+,62+,63+,64+,65+,66+/m0/s1. The van der Waals surface area contributed by atoms with Crippen molar-refractivity contribution in [2.45, 2.75) is 256 Å². The first-order valence-electron chi connectivity index (χ1n) is 37.9. The van der Waals surface area contributed by atoms with Crippen molar-refractivity contribution in [3.63, 3.8) is 0 Å². The van der Waals surface area contributed by atoms with E-state index >= 15 is 0 Å². The lowest BCUT2D eigenvalue weighted by atomic mass is 9.86. The highest BCUT2D eigenvalue weighted by Gasteiger charge is 2.67. The Morgan fingerprint density at radius 1 is 0.260 bits per heavy atom. The third kappa shape index (κ3) is 24.1. The molecule has 6 aliphatic heterocycles. The summed E-state index contributed by atoms with van der Waals surface area (Å²) >= 11 is 0. The fraction of sp³-hybridized carbons (Fsp3) is 0.818. The second-order valence-corrected chi connectivity index (χ2v) is 29.9. The molecular weight excluding hydrogens is 1760 g/mol. The zero-order valence-electron chi connectivity index (χ0n) is 65.7. The van der Waals surface area contributed by atoms with E-state index in [0.29, 0.717) is 0 Å². The highest BCUT2D eigenvalue weighted by atomic mass is 16.8. The zero-order valence-corrected chi connectivity index (χ0v) is 65.7. The lowest BCUT2D eigenvalue weighted by Gasteiger charge is -2.51. The molecule has 0 radical (unpaired) electrons. The Kier molecular flexibility index (Phi) is 38.5. The molecule has 0 aliphatic carbocycles. The van der Waals surface area contributed by atoms with Gasteiger partial charge in [-0.1, -0.05) is 0 Å². The quantitative estimate of drug-likeness (QED) is 0.0269.